The van der Waals surface area contributed by atoms with Crippen molar-refractivity contribution in [3.8, 4) is 5.69 Å². The van der Waals surface area contributed by atoms with Gasteiger partial charge in [-0.1, -0.05) is 12.5 Å². The maximum Gasteiger partial charge on any atom is 0.254 e. The Kier molecular flexibility index (Phi) is 4.55. The summed E-state index contributed by atoms with van der Waals surface area (Å²) in [6.07, 6.45) is 6.75. The number of carbonyl (C=O) groups excluding carboxylic acids is 1. The van der Waals surface area contributed by atoms with Gasteiger partial charge < -0.3 is 10.0 Å². The average molecular weight is 340 g/mol. The fourth-order valence-electron chi connectivity index (χ4n) is 3.93. The van der Waals surface area contributed by atoms with E-state index in [1.54, 1.807) is 15.8 Å². The second-order valence-corrected chi connectivity index (χ2v) is 6.94. The first-order chi connectivity index (χ1) is 12.2. The minimum atomic E-state index is -0.462. The Morgan fingerprint density at radius 1 is 1.12 bits per heavy atom. The van der Waals surface area contributed by atoms with Crippen LogP contribution in [0.5, 0.6) is 0 Å². The molecule has 0 bridgehead atoms. The van der Waals surface area contributed by atoms with Crippen molar-refractivity contribution < 1.29 is 9.90 Å². The van der Waals surface area contributed by atoms with Crippen molar-refractivity contribution in [1.29, 1.82) is 0 Å². The molecule has 1 N–H and O–H groups in total. The molecule has 4 rings (SSSR count). The van der Waals surface area contributed by atoms with Crippen LogP contribution in [0.15, 0.2) is 42.7 Å². The fourth-order valence-corrected chi connectivity index (χ4v) is 3.93. The molecule has 2 aliphatic heterocycles. The van der Waals surface area contributed by atoms with E-state index in [1.165, 1.54) is 19.3 Å². The average Bonchev–Trinajstić information content (AvgIpc) is 3.32. The van der Waals surface area contributed by atoms with Gasteiger partial charge in [-0.3, -0.25) is 9.69 Å². The van der Waals surface area contributed by atoms with E-state index >= 15 is 0 Å². The van der Waals surface area contributed by atoms with Crippen molar-refractivity contribution >= 4 is 5.91 Å². The maximum atomic E-state index is 12.9. The Hall–Kier alpha value is -2.18. The molecular formula is C19H24N4O2. The maximum absolute atomic E-state index is 12.9. The summed E-state index contributed by atoms with van der Waals surface area (Å²) < 4.78 is 1.74. The number of aliphatic hydroxyl groups is 1. The summed E-state index contributed by atoms with van der Waals surface area (Å²) >= 11 is 0. The van der Waals surface area contributed by atoms with E-state index in [4.69, 9.17) is 0 Å². The predicted octanol–water partition coefficient (Wildman–Crippen LogP) is 1.54. The lowest BCUT2D eigenvalue weighted by atomic mass is 10.1. The van der Waals surface area contributed by atoms with Gasteiger partial charge in [0, 0.05) is 31.0 Å². The number of amides is 1. The summed E-state index contributed by atoms with van der Waals surface area (Å²) in [5.41, 5.74) is 1.50. The summed E-state index contributed by atoms with van der Waals surface area (Å²) in [6, 6.07) is 9.41. The van der Waals surface area contributed by atoms with E-state index < -0.39 is 6.10 Å². The van der Waals surface area contributed by atoms with Crippen molar-refractivity contribution in [2.24, 2.45) is 0 Å². The highest BCUT2D eigenvalue weighted by Crippen LogP contribution is 2.22. The first kappa shape index (κ1) is 16.3. The van der Waals surface area contributed by atoms with Crippen molar-refractivity contribution in [2.45, 2.75) is 31.4 Å². The molecule has 0 unspecified atom stereocenters. The summed E-state index contributed by atoms with van der Waals surface area (Å²) in [6.45, 7) is 3.06. The number of likely N-dealkylation sites (tertiary alicyclic amines) is 2. The Morgan fingerprint density at radius 2 is 1.96 bits per heavy atom. The SMILES string of the molecule is O=C(c1cccc(-n2cccn2)c1)N1C[C@H](O)[C@@H](N2CCCCC2)C1. The van der Waals surface area contributed by atoms with Crippen LogP contribution in [0.3, 0.4) is 0 Å². The van der Waals surface area contributed by atoms with Gasteiger partial charge in [-0.15, -0.1) is 0 Å². The van der Waals surface area contributed by atoms with Crippen LogP contribution in [-0.2, 0) is 0 Å². The lowest BCUT2D eigenvalue weighted by molar-refractivity contribution is 0.0702. The lowest BCUT2D eigenvalue weighted by Gasteiger charge is -2.33. The zero-order valence-corrected chi connectivity index (χ0v) is 14.3. The molecule has 2 saturated heterocycles. The number of nitrogens with zero attached hydrogens (tertiary/aromatic N) is 4. The fraction of sp³-hybridized carbons (Fsp3) is 0.474. The van der Waals surface area contributed by atoms with Crippen LogP contribution in [0.25, 0.3) is 5.69 Å². The van der Waals surface area contributed by atoms with Crippen molar-refractivity contribution in [3.05, 3.63) is 48.3 Å². The van der Waals surface area contributed by atoms with Gasteiger partial charge >= 0.3 is 0 Å². The van der Waals surface area contributed by atoms with Gasteiger partial charge in [0.15, 0.2) is 0 Å². The predicted molar refractivity (Wildman–Crippen MR) is 94.7 cm³/mol. The molecule has 3 heterocycles. The zero-order chi connectivity index (χ0) is 17.2. The third-order valence-electron chi connectivity index (χ3n) is 5.27. The van der Waals surface area contributed by atoms with E-state index in [0.29, 0.717) is 18.7 Å². The number of aliphatic hydroxyl groups excluding tert-OH is 1. The van der Waals surface area contributed by atoms with Crippen LogP contribution in [0, 0.1) is 0 Å². The van der Waals surface area contributed by atoms with Crippen molar-refractivity contribution in [1.82, 2.24) is 19.6 Å². The molecule has 0 radical (unpaired) electrons. The Balaban J connectivity index is 1.49. The van der Waals surface area contributed by atoms with Gasteiger partial charge in [0.2, 0.25) is 0 Å². The Morgan fingerprint density at radius 3 is 2.72 bits per heavy atom. The molecule has 132 valence electrons. The molecule has 6 nitrogen and oxygen atoms in total. The van der Waals surface area contributed by atoms with E-state index in [9.17, 15) is 9.90 Å². The number of β-amino-alcohol motifs (C(OH)–C–C–N with tert-alkyl or cyclic N) is 1. The Bertz CT molecular complexity index is 725. The van der Waals surface area contributed by atoms with Crippen LogP contribution in [-0.4, -0.2) is 68.9 Å². The first-order valence-electron chi connectivity index (χ1n) is 9.04. The van der Waals surface area contributed by atoms with Crippen LogP contribution >= 0.6 is 0 Å². The second kappa shape index (κ2) is 6.98. The molecule has 2 aliphatic rings. The largest absolute Gasteiger partial charge is 0.390 e. The number of benzene rings is 1. The van der Waals surface area contributed by atoms with Crippen molar-refractivity contribution in [3.63, 3.8) is 0 Å². The van der Waals surface area contributed by atoms with Gasteiger partial charge in [-0.25, -0.2) is 4.68 Å². The number of hydrogen-bond donors (Lipinski definition) is 1. The third kappa shape index (κ3) is 3.32. The number of piperidine rings is 1. The molecule has 1 aromatic carbocycles. The smallest absolute Gasteiger partial charge is 0.254 e. The van der Waals surface area contributed by atoms with Crippen LogP contribution in [0.4, 0.5) is 0 Å². The van der Waals surface area contributed by atoms with Gasteiger partial charge in [-0.05, 0) is 50.2 Å². The lowest BCUT2D eigenvalue weighted by Crippen LogP contribution is -2.46. The third-order valence-corrected chi connectivity index (χ3v) is 5.27. The molecule has 0 aliphatic carbocycles. The number of aromatic nitrogens is 2. The van der Waals surface area contributed by atoms with Gasteiger partial charge in [0.05, 0.1) is 17.8 Å². The van der Waals surface area contributed by atoms with E-state index in [2.05, 4.69) is 10.00 Å². The van der Waals surface area contributed by atoms with Crippen molar-refractivity contribution in [2.75, 3.05) is 26.2 Å². The Labute approximate surface area is 147 Å². The van der Waals surface area contributed by atoms with Gasteiger partial charge in [0.1, 0.15) is 0 Å². The molecule has 25 heavy (non-hydrogen) atoms. The minimum absolute atomic E-state index is 0.0208. The topological polar surface area (TPSA) is 61.6 Å². The molecule has 2 aromatic rings. The molecule has 2 atom stereocenters. The highest BCUT2D eigenvalue weighted by atomic mass is 16.3. The van der Waals surface area contributed by atoms with Crippen LogP contribution < -0.4 is 0 Å². The molecule has 6 heteroatoms. The first-order valence-corrected chi connectivity index (χ1v) is 9.04. The summed E-state index contributed by atoms with van der Waals surface area (Å²) in [5.74, 6) is -0.0208. The zero-order valence-electron chi connectivity index (χ0n) is 14.3. The molecule has 0 saturated carbocycles. The molecular weight excluding hydrogens is 316 g/mol. The van der Waals surface area contributed by atoms with Gasteiger partial charge in [-0.2, -0.15) is 5.10 Å². The number of hydrogen-bond acceptors (Lipinski definition) is 4. The quantitative estimate of drug-likeness (QED) is 0.921. The van der Waals surface area contributed by atoms with E-state index in [1.807, 2.05) is 36.5 Å². The van der Waals surface area contributed by atoms with Gasteiger partial charge in [0.25, 0.3) is 5.91 Å². The minimum Gasteiger partial charge on any atom is -0.390 e. The molecule has 2 fully saturated rings. The normalized spacial score (nSPS) is 24.6. The second-order valence-electron chi connectivity index (χ2n) is 6.94. The highest BCUT2D eigenvalue weighted by Gasteiger charge is 2.38. The number of carbonyl (C=O) groups is 1. The number of rotatable bonds is 3. The summed E-state index contributed by atoms with van der Waals surface area (Å²) in [7, 11) is 0. The van der Waals surface area contributed by atoms with Crippen LogP contribution in [0.1, 0.15) is 29.6 Å². The summed E-state index contributed by atoms with van der Waals surface area (Å²) in [4.78, 5) is 17.0. The molecule has 0 spiro atoms. The summed E-state index contributed by atoms with van der Waals surface area (Å²) in [5, 5.41) is 14.7. The van der Waals surface area contributed by atoms with Crippen LogP contribution in [0.2, 0.25) is 0 Å². The standard InChI is InChI=1S/C19H24N4O2/c24-18-14-22(13-17(18)21-9-2-1-3-10-21)19(25)15-6-4-7-16(12-15)23-11-5-8-20-23/h4-8,11-12,17-18,24H,1-3,9-10,13-14H2/t17-,18-/m0/s1. The van der Waals surface area contributed by atoms with E-state index in [0.717, 1.165) is 18.8 Å². The highest BCUT2D eigenvalue weighted by molar-refractivity contribution is 5.95. The molecule has 1 amide bonds. The monoisotopic (exact) mass is 340 g/mol. The van der Waals surface area contributed by atoms with E-state index in [-0.39, 0.29) is 11.9 Å². The molecule has 1 aromatic heterocycles.